The van der Waals surface area contributed by atoms with Crippen LogP contribution in [0.2, 0.25) is 0 Å². The highest BCUT2D eigenvalue weighted by Crippen LogP contribution is 2.12. The molecule has 0 bridgehead atoms. The Hall–Kier alpha value is -0.570. The van der Waals surface area contributed by atoms with E-state index in [1.54, 1.807) is 0 Å². The van der Waals surface area contributed by atoms with E-state index in [2.05, 4.69) is 12.2 Å². The number of unbranched alkanes of at least 4 members (excludes halogenated alkanes) is 3. The summed E-state index contributed by atoms with van der Waals surface area (Å²) in [7, 11) is 1.97. The molecule has 1 unspecified atom stereocenters. The second kappa shape index (κ2) is 6.83. The van der Waals surface area contributed by atoms with Gasteiger partial charge in [0, 0.05) is 25.6 Å². The summed E-state index contributed by atoms with van der Waals surface area (Å²) in [5.74, 6) is 0.351. The number of nitrogens with zero attached hydrogens (tertiary/aromatic N) is 1. The number of hydrogen-bond donors (Lipinski definition) is 1. The number of amides is 1. The number of hydrogen-bond acceptors (Lipinski definition) is 2. The Labute approximate surface area is 93.2 Å². The molecule has 3 nitrogen and oxygen atoms in total. The normalized spacial score (nSPS) is 20.9. The number of likely N-dealkylation sites (tertiary alicyclic amines) is 1. The molecule has 1 atom stereocenters. The van der Waals surface area contributed by atoms with Crippen molar-refractivity contribution < 1.29 is 4.79 Å². The van der Waals surface area contributed by atoms with Gasteiger partial charge in [-0.05, 0) is 19.9 Å². The van der Waals surface area contributed by atoms with Gasteiger partial charge in [0.15, 0.2) is 0 Å². The van der Waals surface area contributed by atoms with E-state index in [0.29, 0.717) is 11.9 Å². The molecule has 88 valence electrons. The Morgan fingerprint density at radius 2 is 2.20 bits per heavy atom. The Kier molecular flexibility index (Phi) is 5.69. The molecule has 15 heavy (non-hydrogen) atoms. The molecule has 1 aliphatic heterocycles. The van der Waals surface area contributed by atoms with Crippen LogP contribution in [0, 0.1) is 0 Å². The van der Waals surface area contributed by atoms with Gasteiger partial charge in [0.2, 0.25) is 5.91 Å². The van der Waals surface area contributed by atoms with E-state index in [4.69, 9.17) is 0 Å². The lowest BCUT2D eigenvalue weighted by molar-refractivity contribution is -0.130. The fraction of sp³-hybridized carbons (Fsp3) is 0.917. The minimum absolute atomic E-state index is 0.351. The molecule has 0 spiro atoms. The minimum Gasteiger partial charge on any atom is -0.341 e. The van der Waals surface area contributed by atoms with E-state index in [0.717, 1.165) is 32.4 Å². The zero-order chi connectivity index (χ0) is 11.1. The molecule has 0 aromatic rings. The number of nitrogens with one attached hydrogen (secondary N) is 1. The largest absolute Gasteiger partial charge is 0.341 e. The van der Waals surface area contributed by atoms with Crippen molar-refractivity contribution in [2.45, 2.75) is 51.5 Å². The summed E-state index contributed by atoms with van der Waals surface area (Å²) in [6.45, 7) is 4.04. The maximum Gasteiger partial charge on any atom is 0.222 e. The van der Waals surface area contributed by atoms with E-state index in [9.17, 15) is 4.79 Å². The maximum absolute atomic E-state index is 11.8. The zero-order valence-corrected chi connectivity index (χ0v) is 10.1. The summed E-state index contributed by atoms with van der Waals surface area (Å²) in [5, 5.41) is 3.23. The summed E-state index contributed by atoms with van der Waals surface area (Å²) in [6.07, 6.45) is 6.61. The van der Waals surface area contributed by atoms with Crippen molar-refractivity contribution in [3.63, 3.8) is 0 Å². The quantitative estimate of drug-likeness (QED) is 0.681. The van der Waals surface area contributed by atoms with E-state index < -0.39 is 0 Å². The van der Waals surface area contributed by atoms with Crippen molar-refractivity contribution in [2.75, 3.05) is 20.1 Å². The van der Waals surface area contributed by atoms with Crippen LogP contribution in [0.15, 0.2) is 0 Å². The molecule has 1 rings (SSSR count). The van der Waals surface area contributed by atoms with Crippen LogP contribution in [-0.4, -0.2) is 37.0 Å². The van der Waals surface area contributed by atoms with Gasteiger partial charge in [-0.15, -0.1) is 0 Å². The van der Waals surface area contributed by atoms with Gasteiger partial charge in [-0.25, -0.2) is 0 Å². The van der Waals surface area contributed by atoms with Crippen LogP contribution in [0.5, 0.6) is 0 Å². The van der Waals surface area contributed by atoms with Crippen molar-refractivity contribution in [3.05, 3.63) is 0 Å². The first-order chi connectivity index (χ1) is 7.27. The molecular formula is C12H24N2O. The summed E-state index contributed by atoms with van der Waals surface area (Å²) >= 11 is 0. The molecule has 0 saturated carbocycles. The van der Waals surface area contributed by atoms with E-state index in [-0.39, 0.29) is 0 Å². The molecule has 1 heterocycles. The second-order valence-corrected chi connectivity index (χ2v) is 4.42. The van der Waals surface area contributed by atoms with Gasteiger partial charge in [-0.1, -0.05) is 26.2 Å². The molecule has 3 heteroatoms. The van der Waals surface area contributed by atoms with Crippen LogP contribution in [0.3, 0.4) is 0 Å². The number of rotatable bonds is 6. The highest BCUT2D eigenvalue weighted by Gasteiger charge is 2.24. The Morgan fingerprint density at radius 1 is 1.40 bits per heavy atom. The number of carbonyl (C=O) groups excluding carboxylic acids is 1. The predicted octanol–water partition coefficient (Wildman–Crippen LogP) is 1.78. The average Bonchev–Trinajstić information content (AvgIpc) is 2.72. The van der Waals surface area contributed by atoms with Crippen molar-refractivity contribution >= 4 is 5.91 Å². The van der Waals surface area contributed by atoms with E-state index in [1.807, 2.05) is 11.9 Å². The lowest BCUT2D eigenvalue weighted by atomic mass is 10.1. The Bertz CT molecular complexity index is 194. The van der Waals surface area contributed by atoms with Gasteiger partial charge >= 0.3 is 0 Å². The molecule has 0 aromatic heterocycles. The molecule has 0 aromatic carbocycles. The van der Waals surface area contributed by atoms with Gasteiger partial charge < -0.3 is 10.2 Å². The average molecular weight is 212 g/mol. The first-order valence-corrected chi connectivity index (χ1v) is 6.23. The molecule has 1 amide bonds. The maximum atomic E-state index is 11.8. The standard InChI is InChI=1S/C12H24N2O/c1-3-4-5-6-7-12(15)14-9-8-11(10-14)13-2/h11,13H,3-10H2,1-2H3. The van der Waals surface area contributed by atoms with Crippen LogP contribution >= 0.6 is 0 Å². The van der Waals surface area contributed by atoms with Crippen LogP contribution in [0.1, 0.15) is 45.4 Å². The van der Waals surface area contributed by atoms with E-state index >= 15 is 0 Å². The summed E-state index contributed by atoms with van der Waals surface area (Å²) in [5.41, 5.74) is 0. The molecule has 1 N–H and O–H groups in total. The lowest BCUT2D eigenvalue weighted by Gasteiger charge is -2.16. The van der Waals surface area contributed by atoms with Crippen LogP contribution in [0.25, 0.3) is 0 Å². The SMILES string of the molecule is CCCCCCC(=O)N1CCC(NC)C1. The monoisotopic (exact) mass is 212 g/mol. The van der Waals surface area contributed by atoms with Crippen LogP contribution < -0.4 is 5.32 Å². The minimum atomic E-state index is 0.351. The predicted molar refractivity (Wildman–Crippen MR) is 62.8 cm³/mol. The zero-order valence-electron chi connectivity index (χ0n) is 10.1. The highest BCUT2D eigenvalue weighted by molar-refractivity contribution is 5.76. The second-order valence-electron chi connectivity index (χ2n) is 4.42. The first-order valence-electron chi connectivity index (χ1n) is 6.23. The summed E-state index contributed by atoms with van der Waals surface area (Å²) in [4.78, 5) is 13.8. The van der Waals surface area contributed by atoms with Gasteiger partial charge in [0.25, 0.3) is 0 Å². The Morgan fingerprint density at radius 3 is 2.80 bits per heavy atom. The number of carbonyl (C=O) groups is 1. The summed E-state index contributed by atoms with van der Waals surface area (Å²) < 4.78 is 0. The molecule has 1 saturated heterocycles. The van der Waals surface area contributed by atoms with Gasteiger partial charge in [-0.2, -0.15) is 0 Å². The van der Waals surface area contributed by atoms with Crippen molar-refractivity contribution in [1.82, 2.24) is 10.2 Å². The van der Waals surface area contributed by atoms with Crippen molar-refractivity contribution in [1.29, 1.82) is 0 Å². The van der Waals surface area contributed by atoms with Gasteiger partial charge in [0.1, 0.15) is 0 Å². The fourth-order valence-corrected chi connectivity index (χ4v) is 2.08. The lowest BCUT2D eigenvalue weighted by Crippen LogP contribution is -2.33. The highest BCUT2D eigenvalue weighted by atomic mass is 16.2. The van der Waals surface area contributed by atoms with E-state index in [1.165, 1.54) is 19.3 Å². The third-order valence-corrected chi connectivity index (χ3v) is 3.19. The Balaban J connectivity index is 2.12. The van der Waals surface area contributed by atoms with Crippen LogP contribution in [0.4, 0.5) is 0 Å². The van der Waals surface area contributed by atoms with Crippen LogP contribution in [-0.2, 0) is 4.79 Å². The van der Waals surface area contributed by atoms with Gasteiger partial charge in [0.05, 0.1) is 0 Å². The molecule has 1 fully saturated rings. The molecule has 0 aliphatic carbocycles. The fourth-order valence-electron chi connectivity index (χ4n) is 2.08. The topological polar surface area (TPSA) is 32.3 Å². The third kappa shape index (κ3) is 4.20. The van der Waals surface area contributed by atoms with Crippen molar-refractivity contribution in [2.24, 2.45) is 0 Å². The third-order valence-electron chi connectivity index (χ3n) is 3.19. The molecular weight excluding hydrogens is 188 g/mol. The first kappa shape index (κ1) is 12.5. The van der Waals surface area contributed by atoms with Gasteiger partial charge in [-0.3, -0.25) is 4.79 Å². The van der Waals surface area contributed by atoms with Crippen molar-refractivity contribution in [3.8, 4) is 0 Å². The smallest absolute Gasteiger partial charge is 0.222 e. The number of likely N-dealkylation sites (N-methyl/N-ethyl adjacent to an activating group) is 1. The molecule has 0 radical (unpaired) electrons. The molecule has 1 aliphatic rings. The summed E-state index contributed by atoms with van der Waals surface area (Å²) in [6, 6.07) is 0.518.